The van der Waals surface area contributed by atoms with Gasteiger partial charge in [0.25, 0.3) is 0 Å². The molecule has 0 spiro atoms. The molecule has 2 atom stereocenters. The summed E-state index contributed by atoms with van der Waals surface area (Å²) in [6.07, 6.45) is 9.57. The molecule has 5 heteroatoms. The lowest BCUT2D eigenvalue weighted by Crippen LogP contribution is -2.42. The van der Waals surface area contributed by atoms with Crippen LogP contribution in [0.5, 0.6) is 0 Å². The van der Waals surface area contributed by atoms with Gasteiger partial charge in [0.1, 0.15) is 0 Å². The molecule has 1 aliphatic heterocycles. The van der Waals surface area contributed by atoms with Crippen LogP contribution in [0.3, 0.4) is 0 Å². The first kappa shape index (κ1) is 18.3. The summed E-state index contributed by atoms with van der Waals surface area (Å²) in [6, 6.07) is 0. The van der Waals surface area contributed by atoms with Crippen LogP contribution < -0.4 is 5.32 Å². The van der Waals surface area contributed by atoms with E-state index in [0.29, 0.717) is 5.41 Å². The van der Waals surface area contributed by atoms with E-state index in [9.17, 15) is 0 Å². The normalized spacial score (nSPS) is 29.7. The Bertz CT molecular complexity index is 370. The summed E-state index contributed by atoms with van der Waals surface area (Å²) in [5, 5.41) is 3.65. The van der Waals surface area contributed by atoms with E-state index in [-0.39, 0.29) is 24.0 Å². The van der Waals surface area contributed by atoms with Crippen LogP contribution in [0, 0.1) is 17.3 Å². The molecular formula is C17H32IN3O. The molecule has 3 fully saturated rings. The highest BCUT2D eigenvalue weighted by atomic mass is 127. The van der Waals surface area contributed by atoms with Crippen LogP contribution in [-0.2, 0) is 4.74 Å². The van der Waals surface area contributed by atoms with Crippen LogP contribution in [0.4, 0.5) is 0 Å². The van der Waals surface area contributed by atoms with Gasteiger partial charge in [-0.05, 0) is 49.4 Å². The molecule has 3 rings (SSSR count). The number of halogens is 1. The summed E-state index contributed by atoms with van der Waals surface area (Å²) in [5.74, 6) is 2.97. The van der Waals surface area contributed by atoms with Crippen LogP contribution in [0.15, 0.2) is 4.99 Å². The standard InChI is InChI=1S/C17H31N3O.HI/c1-18-16(19-13-17(7-8-17)9-10-21-2)20-11-14-5-3-4-6-15(14)12-20;/h14-15H,3-13H2,1-2H3,(H,18,19);1H. The summed E-state index contributed by atoms with van der Waals surface area (Å²) >= 11 is 0. The lowest BCUT2D eigenvalue weighted by atomic mass is 9.82. The highest BCUT2D eigenvalue weighted by Crippen LogP contribution is 2.48. The van der Waals surface area contributed by atoms with Gasteiger partial charge >= 0.3 is 0 Å². The summed E-state index contributed by atoms with van der Waals surface area (Å²) in [6.45, 7) is 4.38. The number of nitrogens with zero attached hydrogens (tertiary/aromatic N) is 2. The zero-order chi connectivity index (χ0) is 14.7. The van der Waals surface area contributed by atoms with Crippen molar-refractivity contribution in [3.05, 3.63) is 0 Å². The van der Waals surface area contributed by atoms with Crippen molar-refractivity contribution in [2.24, 2.45) is 22.2 Å². The van der Waals surface area contributed by atoms with E-state index in [0.717, 1.165) is 30.9 Å². The van der Waals surface area contributed by atoms with Crippen LogP contribution in [0.2, 0.25) is 0 Å². The van der Waals surface area contributed by atoms with Gasteiger partial charge in [-0.25, -0.2) is 0 Å². The van der Waals surface area contributed by atoms with E-state index in [2.05, 4.69) is 15.2 Å². The molecule has 3 aliphatic rings. The van der Waals surface area contributed by atoms with Gasteiger partial charge < -0.3 is 15.0 Å². The molecule has 0 radical (unpaired) electrons. The zero-order valence-corrected chi connectivity index (χ0v) is 16.5. The van der Waals surface area contributed by atoms with E-state index < -0.39 is 0 Å². The Hall–Kier alpha value is -0.0400. The number of methoxy groups -OCH3 is 1. The van der Waals surface area contributed by atoms with E-state index >= 15 is 0 Å². The maximum atomic E-state index is 5.25. The molecule has 1 N–H and O–H groups in total. The summed E-state index contributed by atoms with van der Waals surface area (Å²) in [4.78, 5) is 7.05. The molecule has 0 aromatic carbocycles. The van der Waals surface area contributed by atoms with Gasteiger partial charge in [-0.15, -0.1) is 24.0 Å². The van der Waals surface area contributed by atoms with Crippen molar-refractivity contribution in [2.45, 2.75) is 44.9 Å². The van der Waals surface area contributed by atoms with E-state index in [1.165, 1.54) is 58.0 Å². The minimum Gasteiger partial charge on any atom is -0.385 e. The van der Waals surface area contributed by atoms with Crippen LogP contribution in [0.25, 0.3) is 0 Å². The molecule has 0 bridgehead atoms. The molecule has 0 aromatic rings. The third kappa shape index (κ3) is 4.28. The first-order valence-corrected chi connectivity index (χ1v) is 8.71. The highest BCUT2D eigenvalue weighted by Gasteiger charge is 2.42. The molecule has 1 heterocycles. The molecule has 0 amide bonds. The number of likely N-dealkylation sites (tertiary alicyclic amines) is 1. The first-order valence-electron chi connectivity index (χ1n) is 8.71. The Morgan fingerprint density at radius 2 is 1.86 bits per heavy atom. The first-order chi connectivity index (χ1) is 10.3. The second-order valence-electron chi connectivity index (χ2n) is 7.35. The topological polar surface area (TPSA) is 36.9 Å². The molecule has 4 nitrogen and oxygen atoms in total. The van der Waals surface area contributed by atoms with Gasteiger partial charge in [0, 0.05) is 40.4 Å². The predicted molar refractivity (Wildman–Crippen MR) is 102 cm³/mol. The Morgan fingerprint density at radius 1 is 1.23 bits per heavy atom. The number of fused-ring (bicyclic) bond motifs is 1. The fourth-order valence-corrected chi connectivity index (χ4v) is 4.19. The largest absolute Gasteiger partial charge is 0.385 e. The maximum absolute atomic E-state index is 5.25. The molecule has 128 valence electrons. The fraction of sp³-hybridized carbons (Fsp3) is 0.941. The number of hydrogen-bond donors (Lipinski definition) is 1. The number of hydrogen-bond acceptors (Lipinski definition) is 2. The van der Waals surface area contributed by atoms with E-state index in [1.807, 2.05) is 7.05 Å². The van der Waals surface area contributed by atoms with Gasteiger partial charge in [0.05, 0.1) is 0 Å². The fourth-order valence-electron chi connectivity index (χ4n) is 4.19. The molecule has 1 saturated heterocycles. The van der Waals surface area contributed by atoms with E-state index in [4.69, 9.17) is 4.74 Å². The smallest absolute Gasteiger partial charge is 0.193 e. The van der Waals surface area contributed by atoms with Crippen molar-refractivity contribution >= 4 is 29.9 Å². The second kappa shape index (κ2) is 8.18. The number of nitrogens with one attached hydrogen (secondary N) is 1. The quantitative estimate of drug-likeness (QED) is 0.421. The third-order valence-electron chi connectivity index (χ3n) is 5.90. The van der Waals surface area contributed by atoms with Crippen molar-refractivity contribution in [3.63, 3.8) is 0 Å². The Balaban J connectivity index is 0.00000176. The second-order valence-corrected chi connectivity index (χ2v) is 7.35. The average Bonchev–Trinajstić information content (AvgIpc) is 3.15. The molecule has 2 aliphatic carbocycles. The zero-order valence-electron chi connectivity index (χ0n) is 14.1. The Labute approximate surface area is 152 Å². The van der Waals surface area contributed by atoms with Gasteiger partial charge in [0.15, 0.2) is 5.96 Å². The third-order valence-corrected chi connectivity index (χ3v) is 5.90. The predicted octanol–water partition coefficient (Wildman–Crippen LogP) is 3.12. The summed E-state index contributed by atoms with van der Waals surface area (Å²) in [5.41, 5.74) is 0.485. The lowest BCUT2D eigenvalue weighted by Gasteiger charge is -2.24. The van der Waals surface area contributed by atoms with Crippen molar-refractivity contribution < 1.29 is 4.74 Å². The minimum absolute atomic E-state index is 0. The molecule has 22 heavy (non-hydrogen) atoms. The number of aliphatic imine (C=N–C) groups is 1. The van der Waals surface area contributed by atoms with Crippen LogP contribution in [0.1, 0.15) is 44.9 Å². The SMILES string of the molecule is CN=C(NCC1(CCOC)CC1)N1CC2CCCCC2C1.I. The van der Waals surface area contributed by atoms with Gasteiger partial charge in [-0.2, -0.15) is 0 Å². The van der Waals surface area contributed by atoms with Crippen molar-refractivity contribution in [3.8, 4) is 0 Å². The number of guanidine groups is 1. The maximum Gasteiger partial charge on any atom is 0.193 e. The van der Waals surface area contributed by atoms with E-state index in [1.54, 1.807) is 7.11 Å². The van der Waals surface area contributed by atoms with Crippen molar-refractivity contribution in [2.75, 3.05) is 40.4 Å². The monoisotopic (exact) mass is 421 g/mol. The number of ether oxygens (including phenoxy) is 1. The molecule has 0 aromatic heterocycles. The minimum atomic E-state index is 0. The summed E-state index contributed by atoms with van der Waals surface area (Å²) in [7, 11) is 3.73. The molecule has 2 saturated carbocycles. The van der Waals surface area contributed by atoms with Gasteiger partial charge in [-0.1, -0.05) is 12.8 Å². The van der Waals surface area contributed by atoms with Crippen molar-refractivity contribution in [1.29, 1.82) is 0 Å². The van der Waals surface area contributed by atoms with Crippen molar-refractivity contribution in [1.82, 2.24) is 10.2 Å². The van der Waals surface area contributed by atoms with Gasteiger partial charge in [0.2, 0.25) is 0 Å². The number of rotatable bonds is 5. The molecule has 2 unspecified atom stereocenters. The summed E-state index contributed by atoms with van der Waals surface area (Å²) < 4.78 is 5.25. The lowest BCUT2D eigenvalue weighted by molar-refractivity contribution is 0.172. The Kier molecular flexibility index (Phi) is 6.80. The molecular weight excluding hydrogens is 389 g/mol. The average molecular weight is 421 g/mol. The Morgan fingerprint density at radius 3 is 2.36 bits per heavy atom. The highest BCUT2D eigenvalue weighted by molar-refractivity contribution is 14.0. The van der Waals surface area contributed by atoms with Crippen LogP contribution in [-0.4, -0.2) is 51.3 Å². The van der Waals surface area contributed by atoms with Crippen LogP contribution >= 0.6 is 24.0 Å². The van der Waals surface area contributed by atoms with Gasteiger partial charge in [-0.3, -0.25) is 4.99 Å².